The van der Waals surface area contributed by atoms with E-state index in [9.17, 15) is 9.59 Å². The van der Waals surface area contributed by atoms with Crippen LogP contribution in [0.2, 0.25) is 0 Å². The molecule has 31 heavy (non-hydrogen) atoms. The first kappa shape index (κ1) is 23.5. The third kappa shape index (κ3) is 6.91. The molecule has 1 atom stereocenters. The maximum absolute atomic E-state index is 13.1. The van der Waals surface area contributed by atoms with Crippen molar-refractivity contribution in [1.82, 2.24) is 5.32 Å². The Labute approximate surface area is 189 Å². The summed E-state index contributed by atoms with van der Waals surface area (Å²) < 4.78 is 10.3. The fraction of sp³-hybridized carbons (Fsp3) is 0.304. The number of nitrogens with zero attached hydrogens (tertiary/aromatic N) is 1. The van der Waals surface area contributed by atoms with Crippen LogP contribution in [0.25, 0.3) is 12.2 Å². The topological polar surface area (TPSA) is 67.9 Å². The van der Waals surface area contributed by atoms with Gasteiger partial charge in [-0.05, 0) is 29.2 Å². The molecule has 1 aliphatic rings. The van der Waals surface area contributed by atoms with Gasteiger partial charge in [0.25, 0.3) is 0 Å². The number of anilines is 1. The number of carbonyl (C=O) groups excluding carboxylic acids is 2. The van der Waals surface area contributed by atoms with Crippen molar-refractivity contribution in [2.75, 3.05) is 25.2 Å². The minimum Gasteiger partial charge on any atom is -0.356 e. The SMILES string of the molecule is COP(S)OCCCNC(=O)CCC(=O)N1Cc2ccccc2/C=C\c2ccccc21. The number of thiol groups is 1. The minimum absolute atomic E-state index is 0.0724. The maximum atomic E-state index is 13.1. The van der Waals surface area contributed by atoms with E-state index in [-0.39, 0.29) is 24.7 Å². The molecule has 0 bridgehead atoms. The van der Waals surface area contributed by atoms with E-state index in [0.717, 1.165) is 22.4 Å². The van der Waals surface area contributed by atoms with Crippen molar-refractivity contribution in [1.29, 1.82) is 0 Å². The van der Waals surface area contributed by atoms with Gasteiger partial charge in [-0.25, -0.2) is 0 Å². The van der Waals surface area contributed by atoms with Crippen molar-refractivity contribution in [2.24, 2.45) is 0 Å². The van der Waals surface area contributed by atoms with E-state index in [1.807, 2.05) is 54.6 Å². The number of para-hydroxylation sites is 1. The van der Waals surface area contributed by atoms with E-state index < -0.39 is 7.58 Å². The highest BCUT2D eigenvalue weighted by molar-refractivity contribution is 8.41. The first-order chi connectivity index (χ1) is 15.1. The lowest BCUT2D eigenvalue weighted by atomic mass is 10.0. The largest absolute Gasteiger partial charge is 0.356 e. The monoisotopic (exact) mass is 458 g/mol. The van der Waals surface area contributed by atoms with Crippen LogP contribution in [0.15, 0.2) is 48.5 Å². The van der Waals surface area contributed by atoms with Gasteiger partial charge in [-0.3, -0.25) is 9.59 Å². The van der Waals surface area contributed by atoms with Crippen LogP contribution in [0, 0.1) is 0 Å². The predicted octanol–water partition coefficient (Wildman–Crippen LogP) is 4.81. The van der Waals surface area contributed by atoms with Gasteiger partial charge in [0.2, 0.25) is 19.4 Å². The number of nitrogens with one attached hydrogen (secondary N) is 1. The molecule has 2 aromatic rings. The van der Waals surface area contributed by atoms with Gasteiger partial charge >= 0.3 is 0 Å². The first-order valence-corrected chi connectivity index (χ1v) is 12.5. The molecule has 1 heterocycles. The van der Waals surface area contributed by atoms with Crippen LogP contribution in [-0.4, -0.2) is 32.1 Å². The summed E-state index contributed by atoms with van der Waals surface area (Å²) in [4.78, 5) is 27.1. The fourth-order valence-corrected chi connectivity index (χ4v) is 3.95. The fourth-order valence-electron chi connectivity index (χ4n) is 3.31. The Morgan fingerprint density at radius 3 is 2.58 bits per heavy atom. The van der Waals surface area contributed by atoms with E-state index >= 15 is 0 Å². The average molecular weight is 459 g/mol. The normalized spacial score (nSPS) is 14.6. The molecule has 0 aromatic heterocycles. The summed E-state index contributed by atoms with van der Waals surface area (Å²) >= 11 is 4.12. The van der Waals surface area contributed by atoms with Gasteiger partial charge in [-0.15, -0.1) is 0 Å². The summed E-state index contributed by atoms with van der Waals surface area (Å²) in [5.74, 6) is -0.217. The van der Waals surface area contributed by atoms with Crippen molar-refractivity contribution >= 4 is 49.5 Å². The highest BCUT2D eigenvalue weighted by Gasteiger charge is 2.21. The van der Waals surface area contributed by atoms with E-state index in [1.165, 1.54) is 7.11 Å². The molecular weight excluding hydrogens is 431 g/mol. The van der Waals surface area contributed by atoms with Crippen LogP contribution >= 0.6 is 19.8 Å². The summed E-state index contributed by atoms with van der Waals surface area (Å²) in [5, 5.41) is 2.83. The number of carbonyl (C=O) groups is 2. The predicted molar refractivity (Wildman–Crippen MR) is 129 cm³/mol. The average Bonchev–Trinajstić information content (AvgIpc) is 2.78. The number of rotatable bonds is 9. The number of fused-ring (bicyclic) bond motifs is 2. The molecular formula is C23H27N2O4PS. The number of amides is 2. The quantitative estimate of drug-likeness (QED) is 0.322. The van der Waals surface area contributed by atoms with Crippen LogP contribution in [0.1, 0.15) is 36.0 Å². The van der Waals surface area contributed by atoms with Crippen LogP contribution in [0.3, 0.4) is 0 Å². The minimum atomic E-state index is -1.15. The molecule has 2 aromatic carbocycles. The van der Waals surface area contributed by atoms with Gasteiger partial charge in [0.15, 0.2) is 0 Å². The zero-order valence-corrected chi connectivity index (χ0v) is 19.3. The van der Waals surface area contributed by atoms with E-state index in [1.54, 1.807) is 4.90 Å². The van der Waals surface area contributed by atoms with E-state index in [0.29, 0.717) is 26.1 Å². The van der Waals surface area contributed by atoms with Crippen molar-refractivity contribution in [3.8, 4) is 0 Å². The molecule has 1 aliphatic heterocycles. The second-order valence-corrected chi connectivity index (χ2v) is 9.11. The number of hydrogen-bond acceptors (Lipinski definition) is 5. The van der Waals surface area contributed by atoms with Crippen LogP contribution in [-0.2, 0) is 25.2 Å². The van der Waals surface area contributed by atoms with Crippen LogP contribution in [0.5, 0.6) is 0 Å². The molecule has 0 saturated carbocycles. The Morgan fingerprint density at radius 2 is 1.77 bits per heavy atom. The highest BCUT2D eigenvalue weighted by atomic mass is 32.7. The Morgan fingerprint density at radius 1 is 1.06 bits per heavy atom. The summed E-state index contributed by atoms with van der Waals surface area (Å²) in [6.45, 7) is 1.42. The Bertz CT molecular complexity index is 937. The van der Waals surface area contributed by atoms with Crippen molar-refractivity contribution in [3.63, 3.8) is 0 Å². The lowest BCUT2D eigenvalue weighted by Crippen LogP contribution is -2.33. The van der Waals surface area contributed by atoms with Gasteiger partial charge in [0.1, 0.15) is 0 Å². The number of benzene rings is 2. The second-order valence-electron chi connectivity index (χ2n) is 7.03. The smallest absolute Gasteiger partial charge is 0.234 e. The Kier molecular flexibility index (Phi) is 9.10. The maximum Gasteiger partial charge on any atom is 0.234 e. The third-order valence-corrected chi connectivity index (χ3v) is 6.47. The second kappa shape index (κ2) is 12.0. The first-order valence-electron chi connectivity index (χ1n) is 10.2. The van der Waals surface area contributed by atoms with Gasteiger partial charge in [0, 0.05) is 26.5 Å². The molecule has 0 spiro atoms. The third-order valence-electron chi connectivity index (χ3n) is 4.92. The summed E-state index contributed by atoms with van der Waals surface area (Å²) in [6.07, 6.45) is 5.06. The lowest BCUT2D eigenvalue weighted by molar-refractivity contribution is -0.125. The zero-order chi connectivity index (χ0) is 22.1. The molecule has 0 fully saturated rings. The summed E-state index contributed by atoms with van der Waals surface area (Å²) in [6, 6.07) is 15.9. The molecule has 1 N–H and O–H groups in total. The zero-order valence-electron chi connectivity index (χ0n) is 17.5. The molecule has 0 aliphatic carbocycles. The van der Waals surface area contributed by atoms with Crippen LogP contribution in [0.4, 0.5) is 5.69 Å². The highest BCUT2D eigenvalue weighted by Crippen LogP contribution is 2.41. The molecule has 8 heteroatoms. The van der Waals surface area contributed by atoms with Gasteiger partial charge in [-0.1, -0.05) is 66.9 Å². The molecule has 1 unspecified atom stereocenters. The molecule has 164 valence electrons. The molecule has 0 saturated heterocycles. The van der Waals surface area contributed by atoms with E-state index in [4.69, 9.17) is 9.05 Å². The van der Waals surface area contributed by atoms with Crippen molar-refractivity contribution in [3.05, 3.63) is 65.2 Å². The van der Waals surface area contributed by atoms with E-state index in [2.05, 4.69) is 23.6 Å². The lowest BCUT2D eigenvalue weighted by Gasteiger charge is -2.27. The Hall–Kier alpha value is -2.18. The van der Waals surface area contributed by atoms with Gasteiger partial charge in [0.05, 0.1) is 18.8 Å². The van der Waals surface area contributed by atoms with Crippen LogP contribution < -0.4 is 10.2 Å². The Balaban J connectivity index is 1.58. The molecule has 3 rings (SSSR count). The van der Waals surface area contributed by atoms with Gasteiger partial charge < -0.3 is 19.3 Å². The molecule has 2 amide bonds. The number of hydrogen-bond donors (Lipinski definition) is 2. The standard InChI is InChI=1S/C23H27N2O4PS/c1-28-30(31)29-16-6-15-24-22(26)13-14-23(27)25-17-20-9-3-2-7-18(20)11-12-19-8-4-5-10-21(19)25/h2-5,7-12,31H,6,13-17H2,1H3,(H,24,26)/b12-11-. The summed E-state index contributed by atoms with van der Waals surface area (Å²) in [5.41, 5.74) is 4.01. The van der Waals surface area contributed by atoms with Crippen molar-refractivity contribution in [2.45, 2.75) is 25.8 Å². The molecule has 6 nitrogen and oxygen atoms in total. The summed E-state index contributed by atoms with van der Waals surface area (Å²) in [7, 11) is 0.388. The van der Waals surface area contributed by atoms with Gasteiger partial charge in [-0.2, -0.15) is 0 Å². The molecule has 0 radical (unpaired) electrons. The van der Waals surface area contributed by atoms with Crippen molar-refractivity contribution < 1.29 is 18.6 Å².